The van der Waals surface area contributed by atoms with Crippen molar-refractivity contribution in [1.29, 1.82) is 0 Å². The van der Waals surface area contributed by atoms with Crippen molar-refractivity contribution in [1.82, 2.24) is 19.9 Å². The fourth-order valence-corrected chi connectivity index (χ4v) is 3.20. The first-order valence-corrected chi connectivity index (χ1v) is 10.8. The Morgan fingerprint density at radius 1 is 1.03 bits per heavy atom. The highest BCUT2D eigenvalue weighted by molar-refractivity contribution is 6.04. The van der Waals surface area contributed by atoms with Crippen molar-refractivity contribution in [3.05, 3.63) is 84.1 Å². The number of carbonyl (C=O) groups is 1. The van der Waals surface area contributed by atoms with E-state index in [1.165, 1.54) is 24.5 Å². The number of pyridine rings is 1. The van der Waals surface area contributed by atoms with E-state index < -0.39 is 18.0 Å². The molecular weight excluding hydrogens is 475 g/mol. The standard InChI is InChI=1S/C25H20F3N5O3/c1-3-21-30-14-31-22(33-21)19-8-5-11-29-24(19)35-20-12-16(10-9-15(20)2)23(34)32-17-6-4-7-18(13-17)36-25(26,27)28/h4-14H,3H2,1-2H3,(H,32,34). The van der Waals surface area contributed by atoms with Crippen molar-refractivity contribution in [2.75, 3.05) is 5.32 Å². The van der Waals surface area contributed by atoms with Crippen molar-refractivity contribution < 1.29 is 27.4 Å². The third-order valence-corrected chi connectivity index (χ3v) is 4.93. The SMILES string of the molecule is CCc1ncnc(-c2cccnc2Oc2cc(C(=O)Nc3cccc(OC(F)(F)F)c3)ccc2C)n1. The summed E-state index contributed by atoms with van der Waals surface area (Å²) in [5, 5.41) is 2.56. The minimum Gasteiger partial charge on any atom is -0.438 e. The molecular formula is C25H20F3N5O3. The van der Waals surface area contributed by atoms with Crippen LogP contribution in [0.3, 0.4) is 0 Å². The van der Waals surface area contributed by atoms with Crippen LogP contribution < -0.4 is 14.8 Å². The Kier molecular flexibility index (Phi) is 7.09. The Morgan fingerprint density at radius 2 is 1.86 bits per heavy atom. The number of rotatable bonds is 7. The summed E-state index contributed by atoms with van der Waals surface area (Å²) in [4.78, 5) is 29.9. The average Bonchev–Trinajstić information content (AvgIpc) is 2.85. The fraction of sp³-hybridized carbons (Fsp3) is 0.160. The van der Waals surface area contributed by atoms with Gasteiger partial charge in [0.2, 0.25) is 5.88 Å². The van der Waals surface area contributed by atoms with Gasteiger partial charge in [0.15, 0.2) is 5.82 Å². The van der Waals surface area contributed by atoms with Crippen LogP contribution in [0.15, 0.2) is 67.1 Å². The molecule has 36 heavy (non-hydrogen) atoms. The molecule has 184 valence electrons. The van der Waals surface area contributed by atoms with Gasteiger partial charge in [0.05, 0.1) is 5.56 Å². The molecule has 1 amide bonds. The summed E-state index contributed by atoms with van der Waals surface area (Å²) >= 11 is 0. The third kappa shape index (κ3) is 6.12. The molecule has 0 spiro atoms. The molecule has 8 nitrogen and oxygen atoms in total. The van der Waals surface area contributed by atoms with Crippen LogP contribution in [0, 0.1) is 6.92 Å². The first-order chi connectivity index (χ1) is 17.2. The van der Waals surface area contributed by atoms with Gasteiger partial charge in [0.25, 0.3) is 5.91 Å². The number of anilines is 1. The molecule has 11 heteroatoms. The van der Waals surface area contributed by atoms with Gasteiger partial charge in [-0.05, 0) is 48.9 Å². The third-order valence-electron chi connectivity index (χ3n) is 4.93. The molecule has 0 aliphatic heterocycles. The maximum atomic E-state index is 12.8. The molecule has 0 fully saturated rings. The number of aryl methyl sites for hydroxylation is 2. The molecule has 4 rings (SSSR count). The van der Waals surface area contributed by atoms with E-state index in [-0.39, 0.29) is 17.1 Å². The van der Waals surface area contributed by atoms with E-state index in [0.717, 1.165) is 17.7 Å². The molecule has 1 N–H and O–H groups in total. The van der Waals surface area contributed by atoms with Gasteiger partial charge < -0.3 is 14.8 Å². The molecule has 0 unspecified atom stereocenters. The number of nitrogens with one attached hydrogen (secondary N) is 1. The lowest BCUT2D eigenvalue weighted by Gasteiger charge is -2.13. The van der Waals surface area contributed by atoms with Crippen LogP contribution in [0.4, 0.5) is 18.9 Å². The second-order valence-corrected chi connectivity index (χ2v) is 7.55. The summed E-state index contributed by atoms with van der Waals surface area (Å²) in [6, 6.07) is 13.3. The van der Waals surface area contributed by atoms with Crippen molar-refractivity contribution in [2.24, 2.45) is 0 Å². The van der Waals surface area contributed by atoms with Crippen LogP contribution >= 0.6 is 0 Å². The highest BCUT2D eigenvalue weighted by atomic mass is 19.4. The molecule has 0 aliphatic carbocycles. The van der Waals surface area contributed by atoms with Gasteiger partial charge in [-0.25, -0.2) is 19.9 Å². The van der Waals surface area contributed by atoms with Gasteiger partial charge in [-0.3, -0.25) is 4.79 Å². The number of benzene rings is 2. The smallest absolute Gasteiger partial charge is 0.438 e. The van der Waals surface area contributed by atoms with Gasteiger partial charge >= 0.3 is 6.36 Å². The number of alkyl halides is 3. The monoisotopic (exact) mass is 495 g/mol. The van der Waals surface area contributed by atoms with Crippen LogP contribution in [0.1, 0.15) is 28.7 Å². The highest BCUT2D eigenvalue weighted by Crippen LogP contribution is 2.32. The Hall–Kier alpha value is -4.54. The summed E-state index contributed by atoms with van der Waals surface area (Å²) in [6.45, 7) is 3.73. The zero-order valence-electron chi connectivity index (χ0n) is 19.2. The van der Waals surface area contributed by atoms with Crippen LogP contribution in [-0.2, 0) is 6.42 Å². The summed E-state index contributed by atoms with van der Waals surface area (Å²) in [5.41, 5.74) is 1.64. The predicted molar refractivity (Wildman–Crippen MR) is 125 cm³/mol. The normalized spacial score (nSPS) is 11.1. The maximum Gasteiger partial charge on any atom is 0.573 e. The Balaban J connectivity index is 1.57. The van der Waals surface area contributed by atoms with Crippen LogP contribution in [0.5, 0.6) is 17.4 Å². The molecule has 2 aromatic heterocycles. The number of ether oxygens (including phenoxy) is 2. The number of hydrogen-bond donors (Lipinski definition) is 1. The van der Waals surface area contributed by atoms with Crippen LogP contribution in [-0.4, -0.2) is 32.2 Å². The molecule has 0 aliphatic rings. The number of amides is 1. The molecule has 0 radical (unpaired) electrons. The quantitative estimate of drug-likeness (QED) is 0.349. The molecule has 0 saturated carbocycles. The molecule has 0 bridgehead atoms. The Bertz CT molecular complexity index is 1400. The first-order valence-electron chi connectivity index (χ1n) is 10.8. The zero-order valence-corrected chi connectivity index (χ0v) is 19.2. The van der Waals surface area contributed by atoms with Crippen LogP contribution in [0.2, 0.25) is 0 Å². The fourth-order valence-electron chi connectivity index (χ4n) is 3.20. The zero-order chi connectivity index (χ0) is 25.7. The Morgan fingerprint density at radius 3 is 2.64 bits per heavy atom. The average molecular weight is 495 g/mol. The van der Waals surface area contributed by atoms with E-state index in [9.17, 15) is 18.0 Å². The van der Waals surface area contributed by atoms with Gasteiger partial charge in [-0.2, -0.15) is 0 Å². The minimum atomic E-state index is -4.84. The van der Waals surface area contributed by atoms with E-state index in [4.69, 9.17) is 4.74 Å². The molecule has 0 saturated heterocycles. The number of carbonyl (C=O) groups excluding carboxylic acids is 1. The molecule has 4 aromatic rings. The summed E-state index contributed by atoms with van der Waals surface area (Å²) < 4.78 is 47.4. The van der Waals surface area contributed by atoms with E-state index in [2.05, 4.69) is 30.0 Å². The van der Waals surface area contributed by atoms with Gasteiger partial charge in [0.1, 0.15) is 23.7 Å². The van der Waals surface area contributed by atoms with Crippen molar-refractivity contribution in [3.63, 3.8) is 0 Å². The molecule has 0 atom stereocenters. The second-order valence-electron chi connectivity index (χ2n) is 7.55. The topological polar surface area (TPSA) is 99.1 Å². The van der Waals surface area contributed by atoms with Gasteiger partial charge in [-0.1, -0.05) is 19.1 Å². The minimum absolute atomic E-state index is 0.137. The number of nitrogens with zero attached hydrogens (tertiary/aromatic N) is 4. The predicted octanol–water partition coefficient (Wildman–Crippen LogP) is 5.75. The summed E-state index contributed by atoms with van der Waals surface area (Å²) in [7, 11) is 0. The summed E-state index contributed by atoms with van der Waals surface area (Å²) in [5.74, 6) is 0.632. The second kappa shape index (κ2) is 10.4. The lowest BCUT2D eigenvalue weighted by molar-refractivity contribution is -0.274. The van der Waals surface area contributed by atoms with Gasteiger partial charge in [-0.15, -0.1) is 13.2 Å². The van der Waals surface area contributed by atoms with Crippen molar-refractivity contribution in [2.45, 2.75) is 26.6 Å². The van der Waals surface area contributed by atoms with E-state index in [0.29, 0.717) is 29.4 Å². The lowest BCUT2D eigenvalue weighted by Crippen LogP contribution is -2.17. The van der Waals surface area contributed by atoms with Crippen LogP contribution in [0.25, 0.3) is 11.4 Å². The van der Waals surface area contributed by atoms with E-state index >= 15 is 0 Å². The highest BCUT2D eigenvalue weighted by Gasteiger charge is 2.31. The van der Waals surface area contributed by atoms with Gasteiger partial charge in [0, 0.05) is 29.9 Å². The Labute approximate surface area is 204 Å². The number of hydrogen-bond acceptors (Lipinski definition) is 7. The lowest BCUT2D eigenvalue weighted by atomic mass is 10.1. The van der Waals surface area contributed by atoms with Crippen molar-refractivity contribution in [3.8, 4) is 28.8 Å². The number of aromatic nitrogens is 4. The van der Waals surface area contributed by atoms with E-state index in [1.54, 1.807) is 37.4 Å². The molecule has 2 aromatic carbocycles. The first kappa shape index (κ1) is 24.6. The maximum absolute atomic E-state index is 12.8. The van der Waals surface area contributed by atoms with E-state index in [1.807, 2.05) is 6.92 Å². The van der Waals surface area contributed by atoms with Crippen molar-refractivity contribution >= 4 is 11.6 Å². The molecule has 2 heterocycles. The summed E-state index contributed by atoms with van der Waals surface area (Å²) in [6.07, 6.45) is -1.23. The largest absolute Gasteiger partial charge is 0.573 e. The number of halogens is 3.